The van der Waals surface area contributed by atoms with E-state index in [1.54, 1.807) is 11.9 Å². The van der Waals surface area contributed by atoms with Crippen LogP contribution in [0.25, 0.3) is 0 Å². The van der Waals surface area contributed by atoms with E-state index in [1.807, 2.05) is 0 Å². The fourth-order valence-electron chi connectivity index (χ4n) is 2.10. The highest BCUT2D eigenvalue weighted by Gasteiger charge is 2.19. The third kappa shape index (κ3) is 4.19. The summed E-state index contributed by atoms with van der Waals surface area (Å²) in [5, 5.41) is 11.2. The second-order valence-corrected chi connectivity index (χ2v) is 5.05. The highest BCUT2D eigenvalue weighted by molar-refractivity contribution is 5.94. The van der Waals surface area contributed by atoms with Crippen LogP contribution in [0.3, 0.4) is 0 Å². The monoisotopic (exact) mass is 333 g/mol. The van der Waals surface area contributed by atoms with E-state index >= 15 is 0 Å². The van der Waals surface area contributed by atoms with Crippen molar-refractivity contribution in [1.29, 1.82) is 0 Å². The van der Waals surface area contributed by atoms with E-state index in [9.17, 15) is 19.3 Å². The molecular formula is C16H16FN3O4. The van der Waals surface area contributed by atoms with Gasteiger partial charge >= 0.3 is 0 Å². The van der Waals surface area contributed by atoms with Gasteiger partial charge in [-0.2, -0.15) is 0 Å². The zero-order valence-electron chi connectivity index (χ0n) is 12.9. The number of nitro groups is 1. The van der Waals surface area contributed by atoms with Gasteiger partial charge in [0, 0.05) is 18.7 Å². The fraction of sp³-hybridized carbons (Fsp3) is 0.188. The van der Waals surface area contributed by atoms with Gasteiger partial charge in [-0.1, -0.05) is 0 Å². The lowest BCUT2D eigenvalue weighted by atomic mass is 10.1. The quantitative estimate of drug-likeness (QED) is 0.619. The minimum atomic E-state index is -0.730. The van der Waals surface area contributed by atoms with E-state index in [0.717, 1.165) is 6.07 Å². The number of benzene rings is 2. The van der Waals surface area contributed by atoms with Crippen LogP contribution in [0.1, 0.15) is 10.4 Å². The average Bonchev–Trinajstić information content (AvgIpc) is 2.55. The standard InChI is InChI=1S/C16H16FN3O4/c1-19(8-9-24-13-5-3-12(17)4-6-13)14-7-2-11(16(18)21)10-15(14)20(22)23/h2-7,10H,8-9H2,1H3,(H2,18,21). The van der Waals surface area contributed by atoms with Crippen molar-refractivity contribution in [3.8, 4) is 5.75 Å². The number of hydrogen-bond donors (Lipinski definition) is 1. The summed E-state index contributed by atoms with van der Waals surface area (Å²) in [6.45, 7) is 0.602. The summed E-state index contributed by atoms with van der Waals surface area (Å²) >= 11 is 0. The molecule has 0 saturated carbocycles. The Morgan fingerprint density at radius 1 is 1.29 bits per heavy atom. The topological polar surface area (TPSA) is 98.7 Å². The van der Waals surface area contributed by atoms with Gasteiger partial charge in [0.1, 0.15) is 23.9 Å². The van der Waals surface area contributed by atoms with Crippen molar-refractivity contribution in [2.45, 2.75) is 0 Å². The Morgan fingerprint density at radius 3 is 2.54 bits per heavy atom. The molecule has 24 heavy (non-hydrogen) atoms. The van der Waals surface area contributed by atoms with Crippen LogP contribution in [-0.2, 0) is 0 Å². The van der Waals surface area contributed by atoms with E-state index in [2.05, 4.69) is 0 Å². The normalized spacial score (nSPS) is 10.2. The molecule has 2 N–H and O–H groups in total. The summed E-state index contributed by atoms with van der Waals surface area (Å²) in [6.07, 6.45) is 0. The second kappa shape index (κ2) is 7.40. The van der Waals surface area contributed by atoms with Gasteiger partial charge in [-0.15, -0.1) is 0 Å². The Bertz CT molecular complexity index is 749. The summed E-state index contributed by atoms with van der Waals surface area (Å²) in [5.74, 6) is -0.583. The van der Waals surface area contributed by atoms with Crippen molar-refractivity contribution in [3.63, 3.8) is 0 Å². The van der Waals surface area contributed by atoms with Crippen molar-refractivity contribution in [2.24, 2.45) is 5.73 Å². The third-order valence-corrected chi connectivity index (χ3v) is 3.38. The average molecular weight is 333 g/mol. The molecule has 0 atom stereocenters. The minimum Gasteiger partial charge on any atom is -0.492 e. The van der Waals surface area contributed by atoms with E-state index in [4.69, 9.17) is 10.5 Å². The van der Waals surface area contributed by atoms with Gasteiger partial charge in [-0.3, -0.25) is 14.9 Å². The zero-order valence-corrected chi connectivity index (χ0v) is 12.9. The molecule has 0 bridgehead atoms. The maximum atomic E-state index is 12.8. The van der Waals surface area contributed by atoms with Gasteiger partial charge < -0.3 is 15.4 Å². The number of anilines is 1. The Hall–Kier alpha value is -3.16. The van der Waals surface area contributed by atoms with Crippen molar-refractivity contribution >= 4 is 17.3 Å². The molecule has 0 aromatic heterocycles. The number of hydrogen-bond acceptors (Lipinski definition) is 5. The van der Waals surface area contributed by atoms with Crippen molar-refractivity contribution < 1.29 is 18.8 Å². The van der Waals surface area contributed by atoms with Gasteiger partial charge in [-0.25, -0.2) is 4.39 Å². The number of carbonyl (C=O) groups excluding carboxylic acids is 1. The smallest absolute Gasteiger partial charge is 0.293 e. The van der Waals surface area contributed by atoms with E-state index in [1.165, 1.54) is 36.4 Å². The Labute approximate surface area is 137 Å². The molecule has 2 aromatic rings. The first-order valence-electron chi connectivity index (χ1n) is 7.06. The largest absolute Gasteiger partial charge is 0.492 e. The maximum Gasteiger partial charge on any atom is 0.293 e. The van der Waals surface area contributed by atoms with Crippen molar-refractivity contribution in [3.05, 3.63) is 64.0 Å². The molecule has 0 spiro atoms. The lowest BCUT2D eigenvalue weighted by molar-refractivity contribution is -0.384. The first kappa shape index (κ1) is 17.2. The second-order valence-electron chi connectivity index (χ2n) is 5.05. The maximum absolute atomic E-state index is 12.8. The molecule has 0 aliphatic heterocycles. The SMILES string of the molecule is CN(CCOc1ccc(F)cc1)c1ccc(C(N)=O)cc1[N+](=O)[O-]. The van der Waals surface area contributed by atoms with Gasteiger partial charge in [0.25, 0.3) is 5.69 Å². The van der Waals surface area contributed by atoms with Crippen LogP contribution in [0.2, 0.25) is 0 Å². The summed E-state index contributed by atoms with van der Waals surface area (Å²) in [5.41, 5.74) is 5.34. The van der Waals surface area contributed by atoms with E-state index in [0.29, 0.717) is 18.0 Å². The van der Waals surface area contributed by atoms with Crippen LogP contribution < -0.4 is 15.4 Å². The molecule has 2 rings (SSSR count). The molecule has 0 radical (unpaired) electrons. The summed E-state index contributed by atoms with van der Waals surface area (Å²) in [7, 11) is 1.67. The molecule has 0 aliphatic carbocycles. The highest BCUT2D eigenvalue weighted by Crippen LogP contribution is 2.28. The van der Waals surface area contributed by atoms with Gasteiger partial charge in [-0.05, 0) is 36.4 Å². The Kier molecular flexibility index (Phi) is 5.31. The predicted octanol–water partition coefficient (Wildman–Crippen LogP) is 2.35. The highest BCUT2D eigenvalue weighted by atomic mass is 19.1. The molecule has 1 amide bonds. The third-order valence-electron chi connectivity index (χ3n) is 3.38. The lowest BCUT2D eigenvalue weighted by Gasteiger charge is -2.19. The lowest BCUT2D eigenvalue weighted by Crippen LogP contribution is -2.24. The predicted molar refractivity (Wildman–Crippen MR) is 86.8 cm³/mol. The number of nitro benzene ring substituents is 1. The number of nitrogens with two attached hydrogens (primary N) is 1. The molecule has 126 valence electrons. The molecule has 7 nitrogen and oxygen atoms in total. The molecule has 0 saturated heterocycles. The Morgan fingerprint density at radius 2 is 1.96 bits per heavy atom. The molecule has 0 heterocycles. The number of nitrogens with zero attached hydrogens (tertiary/aromatic N) is 2. The summed E-state index contributed by atoms with van der Waals surface area (Å²) in [4.78, 5) is 23.4. The summed E-state index contributed by atoms with van der Waals surface area (Å²) in [6, 6.07) is 9.62. The number of halogens is 1. The number of ether oxygens (including phenoxy) is 1. The molecule has 0 unspecified atom stereocenters. The van der Waals surface area contributed by atoms with Crippen molar-refractivity contribution in [2.75, 3.05) is 25.1 Å². The molecule has 0 aliphatic rings. The number of amides is 1. The van der Waals surface area contributed by atoms with E-state index < -0.39 is 10.8 Å². The minimum absolute atomic E-state index is 0.0708. The molecule has 8 heteroatoms. The molecule has 2 aromatic carbocycles. The number of primary amides is 1. The number of carbonyl (C=O) groups is 1. The Balaban J connectivity index is 2.05. The van der Waals surface area contributed by atoms with Gasteiger partial charge in [0.2, 0.25) is 5.91 Å². The van der Waals surface area contributed by atoms with Crippen LogP contribution in [0.15, 0.2) is 42.5 Å². The van der Waals surface area contributed by atoms with Gasteiger partial charge in [0.05, 0.1) is 11.5 Å². The van der Waals surface area contributed by atoms with Crippen LogP contribution in [-0.4, -0.2) is 31.0 Å². The summed E-state index contributed by atoms with van der Waals surface area (Å²) < 4.78 is 18.3. The number of rotatable bonds is 7. The first-order valence-corrected chi connectivity index (χ1v) is 7.06. The number of likely N-dealkylation sites (N-methyl/N-ethyl adjacent to an activating group) is 1. The molecule has 0 fully saturated rings. The van der Waals surface area contributed by atoms with Gasteiger partial charge in [0.15, 0.2) is 0 Å². The van der Waals surface area contributed by atoms with Crippen LogP contribution >= 0.6 is 0 Å². The van der Waals surface area contributed by atoms with E-state index in [-0.39, 0.29) is 23.7 Å². The molecular weight excluding hydrogens is 317 g/mol. The van der Waals surface area contributed by atoms with Crippen molar-refractivity contribution in [1.82, 2.24) is 0 Å². The van der Waals surface area contributed by atoms with Crippen LogP contribution in [0, 0.1) is 15.9 Å². The zero-order chi connectivity index (χ0) is 17.7. The van der Waals surface area contributed by atoms with Crippen LogP contribution in [0.4, 0.5) is 15.8 Å². The first-order chi connectivity index (χ1) is 11.4. The fourth-order valence-corrected chi connectivity index (χ4v) is 2.10. The van der Waals surface area contributed by atoms with Crippen LogP contribution in [0.5, 0.6) is 5.75 Å².